The van der Waals surface area contributed by atoms with Gasteiger partial charge in [-0.3, -0.25) is 9.69 Å². The highest BCUT2D eigenvalue weighted by Crippen LogP contribution is 2.29. The van der Waals surface area contributed by atoms with Crippen LogP contribution in [0.15, 0.2) is 71.5 Å². The maximum absolute atomic E-state index is 12.8. The van der Waals surface area contributed by atoms with E-state index in [1.165, 1.54) is 17.5 Å². The fraction of sp³-hybridized carbons (Fsp3) is 0.304. The molecule has 1 saturated heterocycles. The average Bonchev–Trinajstić information content (AvgIpc) is 3.24. The summed E-state index contributed by atoms with van der Waals surface area (Å²) in [5.41, 5.74) is 3.01. The van der Waals surface area contributed by atoms with Crippen LogP contribution in [-0.2, 0) is 6.42 Å². The molecule has 2 aromatic carbocycles. The minimum absolute atomic E-state index is 0.0266. The van der Waals surface area contributed by atoms with Crippen molar-refractivity contribution in [1.82, 2.24) is 14.8 Å². The number of aryl methyl sites for hydroxylation is 1. The van der Waals surface area contributed by atoms with E-state index in [0.717, 1.165) is 13.1 Å². The van der Waals surface area contributed by atoms with Crippen LogP contribution in [0.5, 0.6) is 0 Å². The fourth-order valence-corrected chi connectivity index (χ4v) is 3.91. The summed E-state index contributed by atoms with van der Waals surface area (Å²) in [6.07, 6.45) is 2.04. The third-order valence-electron chi connectivity index (χ3n) is 5.36. The Morgan fingerprint density at radius 1 is 0.964 bits per heavy atom. The molecular formula is C23H25N3O2. The number of hydrogen-bond donors (Lipinski definition) is 0. The average molecular weight is 375 g/mol. The van der Waals surface area contributed by atoms with E-state index in [1.54, 1.807) is 0 Å². The Morgan fingerprint density at radius 3 is 2.07 bits per heavy atom. The Bertz CT molecular complexity index is 860. The van der Waals surface area contributed by atoms with Crippen LogP contribution in [0.25, 0.3) is 0 Å². The maximum Gasteiger partial charge on any atom is 0.276 e. The molecule has 1 fully saturated rings. The summed E-state index contributed by atoms with van der Waals surface area (Å²) in [6.45, 7) is 4.98. The van der Waals surface area contributed by atoms with Crippen LogP contribution in [0.1, 0.15) is 40.3 Å². The van der Waals surface area contributed by atoms with Crippen molar-refractivity contribution in [1.29, 1.82) is 0 Å². The molecule has 0 spiro atoms. The summed E-state index contributed by atoms with van der Waals surface area (Å²) in [5, 5.41) is 0. The molecule has 28 heavy (non-hydrogen) atoms. The Labute approximate surface area is 165 Å². The molecular weight excluding hydrogens is 350 g/mol. The lowest BCUT2D eigenvalue weighted by Gasteiger charge is -2.39. The number of carbonyl (C=O) groups excluding carboxylic acids is 1. The van der Waals surface area contributed by atoms with Crippen molar-refractivity contribution in [2.75, 3.05) is 26.2 Å². The van der Waals surface area contributed by atoms with E-state index in [9.17, 15) is 4.79 Å². The van der Waals surface area contributed by atoms with E-state index < -0.39 is 0 Å². The highest BCUT2D eigenvalue weighted by molar-refractivity contribution is 5.93. The first-order valence-electron chi connectivity index (χ1n) is 9.83. The summed E-state index contributed by atoms with van der Waals surface area (Å²) in [4.78, 5) is 21.3. The molecule has 0 bridgehead atoms. The molecule has 0 atom stereocenters. The molecule has 1 aromatic heterocycles. The minimum Gasteiger partial charge on any atom is -0.448 e. The lowest BCUT2D eigenvalue weighted by atomic mass is 9.96. The molecule has 5 nitrogen and oxygen atoms in total. The standard InChI is InChI=1S/C23H25N3O2/c1-2-20-21(24-17-28-20)23(27)26-15-13-25(14-16-26)22(18-9-5-3-6-10-18)19-11-7-4-8-12-19/h3-12,17,22H,2,13-16H2,1H3. The number of carbonyl (C=O) groups is 1. The van der Waals surface area contributed by atoms with Gasteiger partial charge < -0.3 is 9.32 Å². The zero-order chi connectivity index (χ0) is 19.3. The fourth-order valence-electron chi connectivity index (χ4n) is 3.91. The second kappa shape index (κ2) is 8.40. The van der Waals surface area contributed by atoms with Crippen molar-refractivity contribution in [2.24, 2.45) is 0 Å². The Morgan fingerprint density at radius 2 is 1.54 bits per heavy atom. The van der Waals surface area contributed by atoms with Crippen LogP contribution in [0.4, 0.5) is 0 Å². The van der Waals surface area contributed by atoms with Gasteiger partial charge in [0.25, 0.3) is 5.91 Å². The van der Waals surface area contributed by atoms with Crippen LogP contribution in [0, 0.1) is 0 Å². The van der Waals surface area contributed by atoms with Crippen LogP contribution in [0.2, 0.25) is 0 Å². The third-order valence-corrected chi connectivity index (χ3v) is 5.36. The molecule has 5 heteroatoms. The molecule has 4 rings (SSSR count). The molecule has 0 N–H and O–H groups in total. The molecule has 3 aromatic rings. The van der Waals surface area contributed by atoms with Crippen LogP contribution < -0.4 is 0 Å². The van der Waals surface area contributed by atoms with Gasteiger partial charge in [0.15, 0.2) is 12.1 Å². The summed E-state index contributed by atoms with van der Waals surface area (Å²) < 4.78 is 5.33. The zero-order valence-corrected chi connectivity index (χ0v) is 16.1. The van der Waals surface area contributed by atoms with Crippen LogP contribution >= 0.6 is 0 Å². The summed E-state index contributed by atoms with van der Waals surface area (Å²) in [7, 11) is 0. The van der Waals surface area contributed by atoms with Gasteiger partial charge in [-0.05, 0) is 11.1 Å². The molecule has 1 aliphatic rings. The van der Waals surface area contributed by atoms with Crippen molar-refractivity contribution < 1.29 is 9.21 Å². The number of oxazole rings is 1. The molecule has 0 saturated carbocycles. The Hall–Kier alpha value is -2.92. The number of hydrogen-bond acceptors (Lipinski definition) is 4. The smallest absolute Gasteiger partial charge is 0.276 e. The van der Waals surface area contributed by atoms with Gasteiger partial charge in [0.1, 0.15) is 5.76 Å². The molecule has 0 aliphatic carbocycles. The number of nitrogens with zero attached hydrogens (tertiary/aromatic N) is 3. The van der Waals surface area contributed by atoms with Crippen LogP contribution in [-0.4, -0.2) is 46.9 Å². The van der Waals surface area contributed by atoms with Crippen molar-refractivity contribution in [3.8, 4) is 0 Å². The van der Waals surface area contributed by atoms with Crippen molar-refractivity contribution in [3.05, 3.63) is 89.6 Å². The third kappa shape index (κ3) is 3.71. The molecule has 0 radical (unpaired) electrons. The topological polar surface area (TPSA) is 49.6 Å². The number of amides is 1. The van der Waals surface area contributed by atoms with E-state index in [2.05, 4.69) is 58.4 Å². The second-order valence-corrected chi connectivity index (χ2v) is 7.03. The number of benzene rings is 2. The summed E-state index contributed by atoms with van der Waals surface area (Å²) in [5.74, 6) is 0.639. The highest BCUT2D eigenvalue weighted by atomic mass is 16.3. The van der Waals surface area contributed by atoms with Gasteiger partial charge >= 0.3 is 0 Å². The van der Waals surface area contributed by atoms with Crippen molar-refractivity contribution in [3.63, 3.8) is 0 Å². The monoisotopic (exact) mass is 375 g/mol. The number of aromatic nitrogens is 1. The lowest BCUT2D eigenvalue weighted by Crippen LogP contribution is -2.50. The van der Waals surface area contributed by atoms with E-state index in [1.807, 2.05) is 24.0 Å². The molecule has 1 amide bonds. The zero-order valence-electron chi connectivity index (χ0n) is 16.1. The SMILES string of the molecule is CCc1ocnc1C(=O)N1CCN(C(c2ccccc2)c2ccccc2)CC1. The Kier molecular flexibility index (Phi) is 5.53. The van der Waals surface area contributed by atoms with Gasteiger partial charge in [-0.2, -0.15) is 0 Å². The minimum atomic E-state index is -0.0266. The van der Waals surface area contributed by atoms with Gasteiger partial charge in [0, 0.05) is 32.6 Å². The van der Waals surface area contributed by atoms with E-state index >= 15 is 0 Å². The molecule has 1 aliphatic heterocycles. The summed E-state index contributed by atoms with van der Waals surface area (Å²) in [6, 6.07) is 21.3. The predicted molar refractivity (Wildman–Crippen MR) is 108 cm³/mol. The largest absolute Gasteiger partial charge is 0.448 e. The summed E-state index contributed by atoms with van der Waals surface area (Å²) >= 11 is 0. The second-order valence-electron chi connectivity index (χ2n) is 7.03. The van der Waals surface area contributed by atoms with Crippen LogP contribution in [0.3, 0.4) is 0 Å². The maximum atomic E-state index is 12.8. The lowest BCUT2D eigenvalue weighted by molar-refractivity contribution is 0.0590. The van der Waals surface area contributed by atoms with E-state index in [4.69, 9.17) is 4.42 Å². The van der Waals surface area contributed by atoms with Gasteiger partial charge in [0.05, 0.1) is 6.04 Å². The van der Waals surface area contributed by atoms with E-state index in [0.29, 0.717) is 31.0 Å². The van der Waals surface area contributed by atoms with Gasteiger partial charge in [-0.15, -0.1) is 0 Å². The number of rotatable bonds is 5. The van der Waals surface area contributed by atoms with Gasteiger partial charge in [-0.1, -0.05) is 67.6 Å². The quantitative estimate of drug-likeness (QED) is 0.681. The van der Waals surface area contributed by atoms with Gasteiger partial charge in [0.2, 0.25) is 0 Å². The first-order chi connectivity index (χ1) is 13.8. The molecule has 144 valence electrons. The molecule has 0 unspecified atom stereocenters. The first kappa shape index (κ1) is 18.4. The van der Waals surface area contributed by atoms with E-state index in [-0.39, 0.29) is 11.9 Å². The Balaban J connectivity index is 1.51. The van der Waals surface area contributed by atoms with Crippen molar-refractivity contribution >= 4 is 5.91 Å². The number of piperazine rings is 1. The van der Waals surface area contributed by atoms with Gasteiger partial charge in [-0.25, -0.2) is 4.98 Å². The predicted octanol–water partition coefficient (Wildman–Crippen LogP) is 3.78. The normalized spacial score (nSPS) is 15.1. The molecule has 2 heterocycles. The first-order valence-corrected chi connectivity index (χ1v) is 9.83. The highest BCUT2D eigenvalue weighted by Gasteiger charge is 2.30. The van der Waals surface area contributed by atoms with Crippen molar-refractivity contribution in [2.45, 2.75) is 19.4 Å².